The minimum absolute atomic E-state index is 0. The van der Waals surface area contributed by atoms with E-state index in [2.05, 4.69) is 12.1 Å². The summed E-state index contributed by atoms with van der Waals surface area (Å²) in [5, 5.41) is 0. The normalized spacial score (nSPS) is 14.4. The van der Waals surface area contributed by atoms with Crippen molar-refractivity contribution in [3.05, 3.63) is 60.1 Å². The number of rotatable bonds is 7. The minimum Gasteiger partial charge on any atom is -0.472 e. The van der Waals surface area contributed by atoms with Crippen molar-refractivity contribution in [1.82, 2.24) is 9.80 Å². The Morgan fingerprint density at radius 3 is 2.43 bits per heavy atom. The highest BCUT2D eigenvalue weighted by molar-refractivity contribution is 5.94. The van der Waals surface area contributed by atoms with Crippen molar-refractivity contribution < 1.29 is 14.0 Å². The summed E-state index contributed by atoms with van der Waals surface area (Å²) >= 11 is 0. The lowest BCUT2D eigenvalue weighted by Gasteiger charge is -2.34. The summed E-state index contributed by atoms with van der Waals surface area (Å²) in [5.41, 5.74) is 7.50. The van der Waals surface area contributed by atoms with Crippen LogP contribution in [-0.2, 0) is 11.2 Å². The molecule has 28 heavy (non-hydrogen) atoms. The molecule has 0 bridgehead atoms. The zero-order valence-corrected chi connectivity index (χ0v) is 16.8. The van der Waals surface area contributed by atoms with Crippen molar-refractivity contribution in [3.8, 4) is 0 Å². The van der Waals surface area contributed by atoms with Crippen LogP contribution in [0.25, 0.3) is 0 Å². The van der Waals surface area contributed by atoms with Crippen LogP contribution in [0.5, 0.6) is 0 Å². The van der Waals surface area contributed by atoms with Crippen LogP contribution < -0.4 is 5.73 Å². The van der Waals surface area contributed by atoms with E-state index in [1.54, 1.807) is 11.0 Å². The molecular formula is C21H28ClN3O3. The molecule has 0 saturated carbocycles. The molecule has 7 heteroatoms. The Morgan fingerprint density at radius 2 is 1.82 bits per heavy atom. The fourth-order valence-corrected chi connectivity index (χ4v) is 3.55. The van der Waals surface area contributed by atoms with E-state index in [1.807, 2.05) is 23.1 Å². The highest BCUT2D eigenvalue weighted by Gasteiger charge is 2.30. The quantitative estimate of drug-likeness (QED) is 0.767. The van der Waals surface area contributed by atoms with E-state index in [1.165, 1.54) is 18.1 Å². The predicted molar refractivity (Wildman–Crippen MR) is 110 cm³/mol. The predicted octanol–water partition coefficient (Wildman–Crippen LogP) is 2.58. The Labute approximate surface area is 172 Å². The second-order valence-electron chi connectivity index (χ2n) is 6.93. The van der Waals surface area contributed by atoms with Crippen LogP contribution in [0, 0.1) is 5.92 Å². The van der Waals surface area contributed by atoms with Gasteiger partial charge in [-0.05, 0) is 30.9 Å². The molecule has 0 spiro atoms. The SMILES string of the molecule is Cl.NCCN(CCc1ccccc1)C(=O)C1CCN(C(=O)c2ccoc2)CC1. The van der Waals surface area contributed by atoms with Crippen LogP contribution >= 0.6 is 12.4 Å². The molecule has 0 aliphatic carbocycles. The van der Waals surface area contributed by atoms with Gasteiger partial charge >= 0.3 is 0 Å². The first kappa shape index (κ1) is 22.0. The number of hydrogen-bond donors (Lipinski definition) is 1. The lowest BCUT2D eigenvalue weighted by molar-refractivity contribution is -0.136. The van der Waals surface area contributed by atoms with Crippen molar-refractivity contribution in [3.63, 3.8) is 0 Å². The first-order valence-corrected chi connectivity index (χ1v) is 9.53. The van der Waals surface area contributed by atoms with Gasteiger partial charge in [-0.25, -0.2) is 0 Å². The Balaban J connectivity index is 0.00000280. The summed E-state index contributed by atoms with van der Waals surface area (Å²) in [4.78, 5) is 29.0. The van der Waals surface area contributed by atoms with E-state index < -0.39 is 0 Å². The molecule has 6 nitrogen and oxygen atoms in total. The van der Waals surface area contributed by atoms with Gasteiger partial charge in [0.15, 0.2) is 0 Å². The molecule has 152 valence electrons. The number of halogens is 1. The number of hydrogen-bond acceptors (Lipinski definition) is 4. The molecule has 0 atom stereocenters. The van der Waals surface area contributed by atoms with Gasteiger partial charge in [0.1, 0.15) is 6.26 Å². The molecule has 0 unspecified atom stereocenters. The van der Waals surface area contributed by atoms with Gasteiger partial charge in [-0.1, -0.05) is 30.3 Å². The molecule has 1 fully saturated rings. The molecule has 0 radical (unpaired) electrons. The number of benzene rings is 1. The monoisotopic (exact) mass is 405 g/mol. The Bertz CT molecular complexity index is 729. The summed E-state index contributed by atoms with van der Waals surface area (Å²) in [5.74, 6) is 0.0880. The summed E-state index contributed by atoms with van der Waals surface area (Å²) in [6.07, 6.45) is 5.17. The van der Waals surface area contributed by atoms with Crippen LogP contribution in [0.2, 0.25) is 0 Å². The maximum absolute atomic E-state index is 13.0. The molecule has 2 heterocycles. The molecule has 1 aliphatic heterocycles. The maximum Gasteiger partial charge on any atom is 0.257 e. The number of furan rings is 1. The molecule has 3 rings (SSSR count). The smallest absolute Gasteiger partial charge is 0.257 e. The lowest BCUT2D eigenvalue weighted by atomic mass is 9.94. The number of amides is 2. The zero-order valence-electron chi connectivity index (χ0n) is 16.0. The van der Waals surface area contributed by atoms with Crippen molar-refractivity contribution >= 4 is 24.2 Å². The average Bonchev–Trinajstić information content (AvgIpc) is 3.26. The van der Waals surface area contributed by atoms with Gasteiger partial charge in [0.2, 0.25) is 5.91 Å². The number of likely N-dealkylation sites (tertiary alicyclic amines) is 1. The third kappa shape index (κ3) is 5.59. The maximum atomic E-state index is 13.0. The van der Waals surface area contributed by atoms with Gasteiger partial charge in [-0.2, -0.15) is 0 Å². The Kier molecular flexibility index (Phi) is 8.54. The average molecular weight is 406 g/mol. The van der Waals surface area contributed by atoms with Crippen LogP contribution in [0.15, 0.2) is 53.3 Å². The third-order valence-corrected chi connectivity index (χ3v) is 5.12. The summed E-state index contributed by atoms with van der Waals surface area (Å²) in [6.45, 7) is 2.89. The Hall–Kier alpha value is -2.31. The molecule has 2 amide bonds. The number of carbonyl (C=O) groups excluding carboxylic acids is 2. The fraction of sp³-hybridized carbons (Fsp3) is 0.429. The second-order valence-corrected chi connectivity index (χ2v) is 6.93. The van der Waals surface area contributed by atoms with Gasteiger partial charge in [0, 0.05) is 38.6 Å². The highest BCUT2D eigenvalue weighted by Crippen LogP contribution is 2.21. The summed E-state index contributed by atoms with van der Waals surface area (Å²) in [7, 11) is 0. The largest absolute Gasteiger partial charge is 0.472 e. The van der Waals surface area contributed by atoms with E-state index in [0.717, 1.165) is 6.42 Å². The molecule has 2 N–H and O–H groups in total. The molecule has 1 aliphatic rings. The fourth-order valence-electron chi connectivity index (χ4n) is 3.55. The Morgan fingerprint density at radius 1 is 1.11 bits per heavy atom. The summed E-state index contributed by atoms with van der Waals surface area (Å²) in [6, 6.07) is 11.8. The van der Waals surface area contributed by atoms with Gasteiger partial charge in [-0.3, -0.25) is 9.59 Å². The first-order chi connectivity index (χ1) is 13.2. The second kappa shape index (κ2) is 10.9. The minimum atomic E-state index is -0.0410. The highest BCUT2D eigenvalue weighted by atomic mass is 35.5. The molecule has 1 saturated heterocycles. The van der Waals surface area contributed by atoms with Crippen molar-refractivity contribution in [2.45, 2.75) is 19.3 Å². The van der Waals surface area contributed by atoms with E-state index in [4.69, 9.17) is 10.2 Å². The number of carbonyl (C=O) groups is 2. The standard InChI is InChI=1S/C21H27N3O3.ClH/c22-10-14-24(11-6-17-4-2-1-3-5-17)20(25)18-7-12-23(13-8-18)21(26)19-9-15-27-16-19;/h1-5,9,15-16,18H,6-8,10-14,22H2;1H. The van der Waals surface area contributed by atoms with Crippen molar-refractivity contribution in [2.75, 3.05) is 32.7 Å². The van der Waals surface area contributed by atoms with Crippen LogP contribution in [0.1, 0.15) is 28.8 Å². The number of nitrogens with zero attached hydrogens (tertiary/aromatic N) is 2. The first-order valence-electron chi connectivity index (χ1n) is 9.53. The topological polar surface area (TPSA) is 79.8 Å². The van der Waals surface area contributed by atoms with Gasteiger partial charge in [0.05, 0.1) is 11.8 Å². The molecule has 1 aromatic heterocycles. The van der Waals surface area contributed by atoms with Crippen molar-refractivity contribution in [2.24, 2.45) is 11.7 Å². The molecule has 1 aromatic carbocycles. The van der Waals surface area contributed by atoms with Gasteiger partial charge in [0.25, 0.3) is 5.91 Å². The van der Waals surface area contributed by atoms with E-state index in [0.29, 0.717) is 51.1 Å². The van der Waals surface area contributed by atoms with Crippen molar-refractivity contribution in [1.29, 1.82) is 0 Å². The van der Waals surface area contributed by atoms with E-state index in [9.17, 15) is 9.59 Å². The van der Waals surface area contributed by atoms with E-state index in [-0.39, 0.29) is 30.1 Å². The molecular weight excluding hydrogens is 378 g/mol. The third-order valence-electron chi connectivity index (χ3n) is 5.12. The molecule has 2 aromatic rings. The van der Waals surface area contributed by atoms with E-state index >= 15 is 0 Å². The zero-order chi connectivity index (χ0) is 19.1. The van der Waals surface area contributed by atoms with Gasteiger partial charge < -0.3 is 20.0 Å². The van der Waals surface area contributed by atoms with Crippen LogP contribution in [-0.4, -0.2) is 54.3 Å². The lowest BCUT2D eigenvalue weighted by Crippen LogP contribution is -2.46. The van der Waals surface area contributed by atoms with Gasteiger partial charge in [-0.15, -0.1) is 12.4 Å². The van der Waals surface area contributed by atoms with Crippen LogP contribution in [0.4, 0.5) is 0 Å². The summed E-state index contributed by atoms with van der Waals surface area (Å²) < 4.78 is 4.99. The number of piperidine rings is 1. The number of nitrogens with two attached hydrogens (primary N) is 1. The van der Waals surface area contributed by atoms with Crippen LogP contribution in [0.3, 0.4) is 0 Å².